The monoisotopic (exact) mass is 285 g/mol. The third-order valence-electron chi connectivity index (χ3n) is 2.91. The Labute approximate surface area is 111 Å². The van der Waals surface area contributed by atoms with Crippen LogP contribution in [-0.2, 0) is 10.0 Å². The molecular formula is C10H15N5O3S. The fraction of sp³-hybridized carbons (Fsp3) is 0.500. The lowest BCUT2D eigenvalue weighted by Crippen LogP contribution is -2.48. The molecule has 2 rings (SSSR count). The Bertz CT molecular complexity index is 563. The number of sulfonamides is 1. The van der Waals surface area contributed by atoms with Crippen molar-refractivity contribution in [3.63, 3.8) is 0 Å². The number of hydrogen-bond donors (Lipinski definition) is 1. The van der Waals surface area contributed by atoms with Gasteiger partial charge >= 0.3 is 0 Å². The summed E-state index contributed by atoms with van der Waals surface area (Å²) in [5, 5.41) is 0. The maximum atomic E-state index is 11.4. The van der Waals surface area contributed by atoms with Gasteiger partial charge in [-0.15, -0.1) is 0 Å². The van der Waals surface area contributed by atoms with E-state index in [-0.39, 0.29) is 5.56 Å². The van der Waals surface area contributed by atoms with Gasteiger partial charge in [-0.2, -0.15) is 4.31 Å². The molecule has 1 aromatic heterocycles. The van der Waals surface area contributed by atoms with Crippen LogP contribution in [-0.4, -0.2) is 61.0 Å². The smallest absolute Gasteiger partial charge is 0.251 e. The van der Waals surface area contributed by atoms with E-state index in [4.69, 9.17) is 5.73 Å². The molecule has 1 aliphatic heterocycles. The number of nitrogens with zero attached hydrogens (tertiary/aromatic N) is 4. The maximum absolute atomic E-state index is 11.4. The zero-order valence-electron chi connectivity index (χ0n) is 10.5. The molecule has 2 heterocycles. The minimum atomic E-state index is -3.14. The summed E-state index contributed by atoms with van der Waals surface area (Å²) in [7, 11) is -3.14. The molecule has 0 aliphatic carbocycles. The Morgan fingerprint density at radius 2 is 1.74 bits per heavy atom. The summed E-state index contributed by atoms with van der Waals surface area (Å²) in [5.41, 5.74) is 5.35. The minimum absolute atomic E-state index is 0.249. The Morgan fingerprint density at radius 3 is 2.16 bits per heavy atom. The zero-order chi connectivity index (χ0) is 14.0. The van der Waals surface area contributed by atoms with E-state index in [1.807, 2.05) is 4.90 Å². The molecule has 104 valence electrons. The van der Waals surface area contributed by atoms with Crippen LogP contribution >= 0.6 is 0 Å². The Hall–Kier alpha value is -1.74. The van der Waals surface area contributed by atoms with Crippen LogP contribution in [0.15, 0.2) is 12.4 Å². The van der Waals surface area contributed by atoms with Crippen molar-refractivity contribution in [2.24, 2.45) is 5.73 Å². The van der Waals surface area contributed by atoms with Gasteiger partial charge in [0.05, 0.1) is 11.8 Å². The normalized spacial score (nSPS) is 17.4. The van der Waals surface area contributed by atoms with Gasteiger partial charge in [0.1, 0.15) is 0 Å². The van der Waals surface area contributed by atoms with E-state index in [0.29, 0.717) is 32.1 Å². The van der Waals surface area contributed by atoms with Gasteiger partial charge in [0.25, 0.3) is 5.91 Å². The summed E-state index contributed by atoms with van der Waals surface area (Å²) in [6.45, 7) is 1.84. The van der Waals surface area contributed by atoms with E-state index in [9.17, 15) is 13.2 Å². The third kappa shape index (κ3) is 3.18. The van der Waals surface area contributed by atoms with Gasteiger partial charge in [0.15, 0.2) is 0 Å². The van der Waals surface area contributed by atoms with Crippen LogP contribution in [0.5, 0.6) is 0 Å². The number of piperazine rings is 1. The minimum Gasteiger partial charge on any atom is -0.366 e. The summed E-state index contributed by atoms with van der Waals surface area (Å²) in [6, 6.07) is 0. The predicted molar refractivity (Wildman–Crippen MR) is 69.2 cm³/mol. The standard InChI is InChI=1S/C10H15N5O3S/c1-19(17,18)15-4-2-14(3-5-15)10-12-6-8(7-13-10)9(11)16/h6-7H,2-5H2,1H3,(H2,11,16). The fourth-order valence-corrected chi connectivity index (χ4v) is 2.66. The number of carbonyl (C=O) groups excluding carboxylic acids is 1. The molecule has 19 heavy (non-hydrogen) atoms. The molecule has 1 fully saturated rings. The lowest BCUT2D eigenvalue weighted by Gasteiger charge is -2.33. The number of primary amides is 1. The first-order chi connectivity index (χ1) is 8.88. The topological polar surface area (TPSA) is 109 Å². The molecule has 1 aliphatic rings. The van der Waals surface area contributed by atoms with E-state index < -0.39 is 15.9 Å². The van der Waals surface area contributed by atoms with Crippen molar-refractivity contribution in [1.82, 2.24) is 14.3 Å². The summed E-state index contributed by atoms with van der Waals surface area (Å²) >= 11 is 0. The summed E-state index contributed by atoms with van der Waals surface area (Å²) in [6.07, 6.45) is 3.93. The van der Waals surface area contributed by atoms with E-state index in [0.717, 1.165) is 0 Å². The number of hydrogen-bond acceptors (Lipinski definition) is 6. The number of rotatable bonds is 3. The average molecular weight is 285 g/mol. The second-order valence-corrected chi connectivity index (χ2v) is 6.27. The van der Waals surface area contributed by atoms with Crippen LogP contribution in [0.3, 0.4) is 0 Å². The lowest BCUT2D eigenvalue weighted by molar-refractivity contribution is 0.0999. The van der Waals surface area contributed by atoms with Crippen LogP contribution < -0.4 is 10.6 Å². The largest absolute Gasteiger partial charge is 0.366 e. The molecule has 0 unspecified atom stereocenters. The maximum Gasteiger partial charge on any atom is 0.251 e. The molecule has 9 heteroatoms. The molecule has 0 atom stereocenters. The van der Waals surface area contributed by atoms with Crippen molar-refractivity contribution in [2.45, 2.75) is 0 Å². The summed E-state index contributed by atoms with van der Waals surface area (Å²) in [5.74, 6) is -0.105. The van der Waals surface area contributed by atoms with E-state index >= 15 is 0 Å². The molecule has 0 radical (unpaired) electrons. The van der Waals surface area contributed by atoms with Gasteiger partial charge < -0.3 is 10.6 Å². The van der Waals surface area contributed by atoms with Crippen molar-refractivity contribution >= 4 is 21.9 Å². The highest BCUT2D eigenvalue weighted by Gasteiger charge is 2.24. The SMILES string of the molecule is CS(=O)(=O)N1CCN(c2ncc(C(N)=O)cn2)CC1. The molecule has 1 saturated heterocycles. The van der Waals surface area contributed by atoms with Crippen LogP contribution in [0.4, 0.5) is 5.95 Å². The van der Waals surface area contributed by atoms with Crippen LogP contribution in [0.1, 0.15) is 10.4 Å². The molecule has 0 spiro atoms. The Morgan fingerprint density at radius 1 is 1.21 bits per heavy atom. The molecule has 0 aromatic carbocycles. The Balaban J connectivity index is 2.03. The van der Waals surface area contributed by atoms with E-state index in [1.165, 1.54) is 23.0 Å². The van der Waals surface area contributed by atoms with E-state index in [2.05, 4.69) is 9.97 Å². The molecule has 2 N–H and O–H groups in total. The second kappa shape index (κ2) is 5.10. The highest BCUT2D eigenvalue weighted by molar-refractivity contribution is 7.88. The van der Waals surface area contributed by atoms with Crippen molar-refractivity contribution in [2.75, 3.05) is 37.3 Å². The number of anilines is 1. The van der Waals surface area contributed by atoms with Crippen LogP contribution in [0.2, 0.25) is 0 Å². The van der Waals surface area contributed by atoms with Gasteiger partial charge in [-0.1, -0.05) is 0 Å². The van der Waals surface area contributed by atoms with Crippen molar-refractivity contribution in [1.29, 1.82) is 0 Å². The summed E-state index contributed by atoms with van der Waals surface area (Å²) in [4.78, 5) is 20.9. The highest BCUT2D eigenvalue weighted by Crippen LogP contribution is 2.12. The molecule has 0 bridgehead atoms. The number of nitrogens with two attached hydrogens (primary N) is 1. The zero-order valence-corrected chi connectivity index (χ0v) is 11.3. The summed E-state index contributed by atoms with van der Waals surface area (Å²) < 4.78 is 24.2. The van der Waals surface area contributed by atoms with Gasteiger partial charge in [-0.3, -0.25) is 4.79 Å². The molecule has 0 saturated carbocycles. The van der Waals surface area contributed by atoms with Crippen LogP contribution in [0.25, 0.3) is 0 Å². The van der Waals surface area contributed by atoms with Gasteiger partial charge in [-0.25, -0.2) is 18.4 Å². The lowest BCUT2D eigenvalue weighted by atomic mass is 10.3. The van der Waals surface area contributed by atoms with Gasteiger partial charge in [-0.05, 0) is 0 Å². The second-order valence-electron chi connectivity index (χ2n) is 4.29. The molecular weight excluding hydrogens is 270 g/mol. The van der Waals surface area contributed by atoms with Crippen molar-refractivity contribution in [3.05, 3.63) is 18.0 Å². The number of aromatic nitrogens is 2. The molecule has 8 nitrogen and oxygen atoms in total. The number of carbonyl (C=O) groups is 1. The first-order valence-corrected chi connectivity index (χ1v) is 7.54. The first kappa shape index (κ1) is 13.7. The first-order valence-electron chi connectivity index (χ1n) is 5.70. The highest BCUT2D eigenvalue weighted by atomic mass is 32.2. The van der Waals surface area contributed by atoms with Gasteiger partial charge in [0, 0.05) is 38.6 Å². The van der Waals surface area contributed by atoms with Crippen molar-refractivity contribution in [3.8, 4) is 0 Å². The number of amides is 1. The molecule has 1 aromatic rings. The predicted octanol–water partition coefficient (Wildman–Crippen LogP) is -1.34. The van der Waals surface area contributed by atoms with Crippen molar-refractivity contribution < 1.29 is 13.2 Å². The third-order valence-corrected chi connectivity index (χ3v) is 4.22. The van der Waals surface area contributed by atoms with Crippen LogP contribution in [0, 0.1) is 0 Å². The quantitative estimate of drug-likeness (QED) is 0.736. The van der Waals surface area contributed by atoms with E-state index in [1.54, 1.807) is 0 Å². The molecule has 1 amide bonds. The fourth-order valence-electron chi connectivity index (χ4n) is 1.83. The average Bonchev–Trinajstić information content (AvgIpc) is 2.38. The Kier molecular flexibility index (Phi) is 3.67. The van der Waals surface area contributed by atoms with Gasteiger partial charge in [0.2, 0.25) is 16.0 Å².